The van der Waals surface area contributed by atoms with Crippen molar-refractivity contribution in [2.45, 2.75) is 12.6 Å². The summed E-state index contributed by atoms with van der Waals surface area (Å²) in [6.45, 7) is 1.05. The van der Waals surface area contributed by atoms with E-state index in [0.717, 1.165) is 11.1 Å². The normalized spacial score (nSPS) is 20.5. The van der Waals surface area contributed by atoms with Gasteiger partial charge in [0.1, 0.15) is 0 Å². The summed E-state index contributed by atoms with van der Waals surface area (Å²) in [5, 5.41) is 8.83. The lowest BCUT2D eigenvalue weighted by Crippen LogP contribution is -2.24. The maximum Gasteiger partial charge on any atom is 0.0995 e. The molecule has 0 fully saturated rings. The molecule has 1 aliphatic heterocycles. The Balaban J connectivity index is 2.56. The van der Waals surface area contributed by atoms with Crippen LogP contribution in [0.3, 0.4) is 0 Å². The predicted octanol–water partition coefficient (Wildman–Crippen LogP) is 1.09. The first kappa shape index (κ1) is 8.24. The van der Waals surface area contributed by atoms with Crippen molar-refractivity contribution in [3.05, 3.63) is 34.9 Å². The van der Waals surface area contributed by atoms with Crippen molar-refractivity contribution in [1.82, 2.24) is 0 Å². The van der Waals surface area contributed by atoms with E-state index in [2.05, 4.69) is 6.07 Å². The monoisotopic (exact) mass is 174 g/mol. The first-order valence-electron chi connectivity index (χ1n) is 4.18. The fourth-order valence-corrected chi connectivity index (χ4v) is 1.60. The summed E-state index contributed by atoms with van der Waals surface area (Å²) in [6.07, 6.45) is 0. The molecule has 1 heterocycles. The maximum atomic E-state index is 8.83. The molecule has 3 heteroatoms. The topological polar surface area (TPSA) is 59.0 Å². The Labute approximate surface area is 76.7 Å². The fraction of sp³-hybridized carbons (Fsp3) is 0.300. The minimum atomic E-state index is -0.0861. The molecule has 0 radical (unpaired) electrons. The predicted molar refractivity (Wildman–Crippen MR) is 47.7 cm³/mol. The second-order valence-corrected chi connectivity index (χ2v) is 3.11. The van der Waals surface area contributed by atoms with E-state index in [1.54, 1.807) is 6.07 Å². The molecule has 0 saturated carbocycles. The lowest BCUT2D eigenvalue weighted by atomic mass is 9.96. The SMILES string of the molecule is N#Cc1cccc2c1COC[C@@H]2N. The third-order valence-corrected chi connectivity index (χ3v) is 2.28. The van der Waals surface area contributed by atoms with Gasteiger partial charge in [-0.1, -0.05) is 12.1 Å². The third-order valence-electron chi connectivity index (χ3n) is 2.28. The maximum absolute atomic E-state index is 8.83. The number of hydrogen-bond acceptors (Lipinski definition) is 3. The summed E-state index contributed by atoms with van der Waals surface area (Å²) in [7, 11) is 0. The number of fused-ring (bicyclic) bond motifs is 1. The molecule has 0 amide bonds. The standard InChI is InChI=1S/C10H10N2O/c11-4-7-2-1-3-8-9(7)5-13-6-10(8)12/h1-3,10H,5-6,12H2/t10-/m0/s1. The number of ether oxygens (including phenoxy) is 1. The number of nitrogens with two attached hydrogens (primary N) is 1. The Bertz CT molecular complexity index is 368. The van der Waals surface area contributed by atoms with Crippen LogP contribution in [-0.4, -0.2) is 6.61 Å². The summed E-state index contributed by atoms with van der Waals surface area (Å²) < 4.78 is 5.27. The molecule has 3 nitrogen and oxygen atoms in total. The van der Waals surface area contributed by atoms with Crippen LogP contribution >= 0.6 is 0 Å². The number of hydrogen-bond donors (Lipinski definition) is 1. The quantitative estimate of drug-likeness (QED) is 0.640. The van der Waals surface area contributed by atoms with Gasteiger partial charge < -0.3 is 10.5 Å². The minimum absolute atomic E-state index is 0.0861. The van der Waals surface area contributed by atoms with Crippen LogP contribution in [0.4, 0.5) is 0 Å². The zero-order valence-corrected chi connectivity index (χ0v) is 7.16. The van der Waals surface area contributed by atoms with Gasteiger partial charge in [-0.15, -0.1) is 0 Å². The Morgan fingerprint density at radius 2 is 2.38 bits per heavy atom. The van der Waals surface area contributed by atoms with Gasteiger partial charge in [0.15, 0.2) is 0 Å². The van der Waals surface area contributed by atoms with E-state index in [-0.39, 0.29) is 6.04 Å². The molecule has 2 rings (SSSR count). The highest BCUT2D eigenvalue weighted by Crippen LogP contribution is 2.25. The number of rotatable bonds is 0. The van der Waals surface area contributed by atoms with Crippen LogP contribution < -0.4 is 5.73 Å². The van der Waals surface area contributed by atoms with Gasteiger partial charge in [0.2, 0.25) is 0 Å². The molecule has 0 bridgehead atoms. The fourth-order valence-electron chi connectivity index (χ4n) is 1.60. The molecule has 1 atom stereocenters. The molecule has 1 aromatic rings. The van der Waals surface area contributed by atoms with Gasteiger partial charge >= 0.3 is 0 Å². The minimum Gasteiger partial charge on any atom is -0.375 e. The number of benzene rings is 1. The van der Waals surface area contributed by atoms with Gasteiger partial charge in [0, 0.05) is 5.56 Å². The van der Waals surface area contributed by atoms with E-state index in [4.69, 9.17) is 15.7 Å². The Morgan fingerprint density at radius 3 is 3.15 bits per heavy atom. The molecule has 0 aliphatic carbocycles. The number of nitrogens with zero attached hydrogens (tertiary/aromatic N) is 1. The molecule has 1 aliphatic rings. The largest absolute Gasteiger partial charge is 0.375 e. The van der Waals surface area contributed by atoms with E-state index in [0.29, 0.717) is 18.8 Å². The van der Waals surface area contributed by atoms with Crippen LogP contribution in [0.15, 0.2) is 18.2 Å². The molecule has 0 aromatic heterocycles. The molecular formula is C10H10N2O. The summed E-state index contributed by atoms with van der Waals surface area (Å²) in [6, 6.07) is 7.67. The van der Waals surface area contributed by atoms with Crippen molar-refractivity contribution < 1.29 is 4.74 Å². The lowest BCUT2D eigenvalue weighted by Gasteiger charge is -2.22. The molecule has 0 spiro atoms. The Morgan fingerprint density at radius 1 is 1.54 bits per heavy atom. The van der Waals surface area contributed by atoms with Crippen LogP contribution in [0.1, 0.15) is 22.7 Å². The van der Waals surface area contributed by atoms with Crippen LogP contribution in [0.2, 0.25) is 0 Å². The Kier molecular flexibility index (Phi) is 2.01. The molecule has 0 saturated heterocycles. The van der Waals surface area contributed by atoms with Crippen LogP contribution in [0.5, 0.6) is 0 Å². The van der Waals surface area contributed by atoms with E-state index in [1.165, 1.54) is 0 Å². The second-order valence-electron chi connectivity index (χ2n) is 3.11. The molecule has 2 N–H and O–H groups in total. The van der Waals surface area contributed by atoms with E-state index in [9.17, 15) is 0 Å². The van der Waals surface area contributed by atoms with Gasteiger partial charge in [-0.05, 0) is 11.6 Å². The molecule has 66 valence electrons. The van der Waals surface area contributed by atoms with Gasteiger partial charge in [0.05, 0.1) is 30.9 Å². The molecule has 1 aromatic carbocycles. The van der Waals surface area contributed by atoms with Crippen molar-refractivity contribution in [2.24, 2.45) is 5.73 Å². The van der Waals surface area contributed by atoms with E-state index < -0.39 is 0 Å². The Hall–Kier alpha value is -1.37. The van der Waals surface area contributed by atoms with Crippen molar-refractivity contribution in [1.29, 1.82) is 5.26 Å². The zero-order chi connectivity index (χ0) is 9.26. The van der Waals surface area contributed by atoms with Gasteiger partial charge in [-0.25, -0.2) is 0 Å². The molecular weight excluding hydrogens is 164 g/mol. The highest BCUT2D eigenvalue weighted by Gasteiger charge is 2.19. The van der Waals surface area contributed by atoms with Crippen LogP contribution in [0, 0.1) is 11.3 Å². The zero-order valence-electron chi connectivity index (χ0n) is 7.16. The molecule has 13 heavy (non-hydrogen) atoms. The number of nitriles is 1. The summed E-state index contributed by atoms with van der Waals surface area (Å²) >= 11 is 0. The van der Waals surface area contributed by atoms with E-state index in [1.807, 2.05) is 12.1 Å². The van der Waals surface area contributed by atoms with Gasteiger partial charge in [-0.2, -0.15) is 5.26 Å². The van der Waals surface area contributed by atoms with Gasteiger partial charge in [-0.3, -0.25) is 0 Å². The van der Waals surface area contributed by atoms with Crippen molar-refractivity contribution >= 4 is 0 Å². The first-order valence-corrected chi connectivity index (χ1v) is 4.18. The highest BCUT2D eigenvalue weighted by molar-refractivity contribution is 5.44. The third kappa shape index (κ3) is 1.31. The van der Waals surface area contributed by atoms with Crippen molar-refractivity contribution in [2.75, 3.05) is 6.61 Å². The highest BCUT2D eigenvalue weighted by atomic mass is 16.5. The first-order chi connectivity index (χ1) is 6.33. The lowest BCUT2D eigenvalue weighted by molar-refractivity contribution is 0.0922. The smallest absolute Gasteiger partial charge is 0.0995 e. The summed E-state index contributed by atoms with van der Waals surface area (Å²) in [5.74, 6) is 0. The van der Waals surface area contributed by atoms with Crippen molar-refractivity contribution in [3.63, 3.8) is 0 Å². The summed E-state index contributed by atoms with van der Waals surface area (Å²) in [4.78, 5) is 0. The van der Waals surface area contributed by atoms with E-state index >= 15 is 0 Å². The average molecular weight is 174 g/mol. The molecule has 0 unspecified atom stereocenters. The average Bonchev–Trinajstić information content (AvgIpc) is 2.18. The summed E-state index contributed by atoms with van der Waals surface area (Å²) in [5.41, 5.74) is 8.50. The van der Waals surface area contributed by atoms with Crippen molar-refractivity contribution in [3.8, 4) is 6.07 Å². The van der Waals surface area contributed by atoms with Crippen LogP contribution in [0.25, 0.3) is 0 Å². The van der Waals surface area contributed by atoms with Gasteiger partial charge in [0.25, 0.3) is 0 Å². The second kappa shape index (κ2) is 3.17. The van der Waals surface area contributed by atoms with Crippen LogP contribution in [-0.2, 0) is 11.3 Å².